The van der Waals surface area contributed by atoms with Gasteiger partial charge in [0.2, 0.25) is 11.8 Å². The molecular weight excluding hydrogens is 360 g/mol. The fourth-order valence-electron chi connectivity index (χ4n) is 3.19. The number of carbonyl (C=O) groups excluding carboxylic acids is 2. The van der Waals surface area contributed by atoms with E-state index in [1.807, 2.05) is 71.9 Å². The molecule has 0 saturated heterocycles. The Balaban J connectivity index is 2.26. The summed E-state index contributed by atoms with van der Waals surface area (Å²) in [6, 6.07) is 13.8. The molecule has 0 saturated carbocycles. The van der Waals surface area contributed by atoms with Crippen molar-refractivity contribution in [3.05, 3.63) is 70.3 Å². The first-order valence-electron chi connectivity index (χ1n) is 10.4. The fraction of sp³-hybridized carbons (Fsp3) is 0.440. The van der Waals surface area contributed by atoms with E-state index in [-0.39, 0.29) is 17.9 Å². The van der Waals surface area contributed by atoms with Gasteiger partial charge in [-0.25, -0.2) is 0 Å². The second kappa shape index (κ2) is 10.2. The van der Waals surface area contributed by atoms with Crippen molar-refractivity contribution in [3.63, 3.8) is 0 Å². The molecule has 4 heteroatoms. The molecule has 0 spiro atoms. The van der Waals surface area contributed by atoms with Gasteiger partial charge in [0, 0.05) is 12.6 Å². The van der Waals surface area contributed by atoms with E-state index in [0.717, 1.165) is 28.7 Å². The molecule has 0 aromatic heterocycles. The second-order valence-corrected chi connectivity index (χ2v) is 8.11. The van der Waals surface area contributed by atoms with Crippen molar-refractivity contribution < 1.29 is 9.59 Å². The molecule has 0 fully saturated rings. The summed E-state index contributed by atoms with van der Waals surface area (Å²) in [6.07, 6.45) is 1.15. The minimum Gasteiger partial charge on any atom is -0.352 e. The maximum atomic E-state index is 13.3. The Labute approximate surface area is 175 Å². The van der Waals surface area contributed by atoms with Crippen molar-refractivity contribution in [2.75, 3.05) is 0 Å². The maximum absolute atomic E-state index is 13.3. The third kappa shape index (κ3) is 6.45. The van der Waals surface area contributed by atoms with Crippen LogP contribution in [0.5, 0.6) is 0 Å². The van der Waals surface area contributed by atoms with E-state index in [1.165, 1.54) is 5.56 Å². The number of benzene rings is 2. The summed E-state index contributed by atoms with van der Waals surface area (Å²) in [7, 11) is 0. The quantitative estimate of drug-likeness (QED) is 0.717. The number of rotatable bonds is 8. The maximum Gasteiger partial charge on any atom is 0.242 e. The van der Waals surface area contributed by atoms with E-state index < -0.39 is 6.04 Å². The van der Waals surface area contributed by atoms with Crippen molar-refractivity contribution in [2.24, 2.45) is 0 Å². The summed E-state index contributed by atoms with van der Waals surface area (Å²) in [6.45, 7) is 12.3. The highest BCUT2D eigenvalue weighted by Gasteiger charge is 2.27. The molecular formula is C25H34N2O2. The molecule has 0 aliphatic carbocycles. The standard InChI is InChI=1S/C25H34N2O2/c1-7-20(5)26-25(29)21(6)27(16-22-12-9-17(2)10-13-22)24(28)15-23-14-18(3)8-11-19(23)4/h8-14,20-21H,7,15-16H2,1-6H3,(H,26,29)/t20-,21-/m0/s1. The van der Waals surface area contributed by atoms with Crippen molar-refractivity contribution >= 4 is 11.8 Å². The highest BCUT2D eigenvalue weighted by atomic mass is 16.2. The van der Waals surface area contributed by atoms with E-state index >= 15 is 0 Å². The largest absolute Gasteiger partial charge is 0.352 e. The molecule has 0 aliphatic rings. The SMILES string of the molecule is CC[C@H](C)NC(=O)[C@H](C)N(Cc1ccc(C)cc1)C(=O)Cc1cc(C)ccc1C. The van der Waals surface area contributed by atoms with Crippen molar-refractivity contribution in [2.45, 2.75) is 73.0 Å². The summed E-state index contributed by atoms with van der Waals surface area (Å²) >= 11 is 0. The Morgan fingerprint density at radius 1 is 0.966 bits per heavy atom. The number of hydrogen-bond acceptors (Lipinski definition) is 2. The highest BCUT2D eigenvalue weighted by Crippen LogP contribution is 2.16. The van der Waals surface area contributed by atoms with Gasteiger partial charge >= 0.3 is 0 Å². The van der Waals surface area contributed by atoms with Crippen LogP contribution in [0.1, 0.15) is 55.0 Å². The summed E-state index contributed by atoms with van der Waals surface area (Å²) in [5, 5.41) is 3.01. The van der Waals surface area contributed by atoms with Crippen molar-refractivity contribution in [1.82, 2.24) is 10.2 Å². The first kappa shape index (κ1) is 22.7. The van der Waals surface area contributed by atoms with Crippen LogP contribution in [-0.4, -0.2) is 28.8 Å². The Morgan fingerprint density at radius 2 is 1.59 bits per heavy atom. The van der Waals surface area contributed by atoms with Gasteiger partial charge in [-0.2, -0.15) is 0 Å². The zero-order chi connectivity index (χ0) is 21.6. The van der Waals surface area contributed by atoms with Gasteiger partial charge in [-0.15, -0.1) is 0 Å². The molecule has 0 unspecified atom stereocenters. The van der Waals surface area contributed by atoms with E-state index in [2.05, 4.69) is 17.4 Å². The van der Waals surface area contributed by atoms with Crippen LogP contribution in [0.25, 0.3) is 0 Å². The first-order valence-corrected chi connectivity index (χ1v) is 10.4. The van der Waals surface area contributed by atoms with Gasteiger partial charge in [-0.3, -0.25) is 9.59 Å². The lowest BCUT2D eigenvalue weighted by molar-refractivity contribution is -0.140. The molecule has 0 aliphatic heterocycles. The minimum atomic E-state index is -0.539. The van der Waals surface area contributed by atoms with Gasteiger partial charge in [0.1, 0.15) is 6.04 Å². The zero-order valence-corrected chi connectivity index (χ0v) is 18.6. The average molecular weight is 395 g/mol. The molecule has 29 heavy (non-hydrogen) atoms. The van der Waals surface area contributed by atoms with Crippen LogP contribution >= 0.6 is 0 Å². The predicted molar refractivity (Wildman–Crippen MR) is 119 cm³/mol. The number of amides is 2. The summed E-state index contributed by atoms with van der Waals surface area (Å²) in [5.41, 5.74) is 5.43. The Morgan fingerprint density at radius 3 is 2.21 bits per heavy atom. The summed E-state index contributed by atoms with van der Waals surface area (Å²) in [5.74, 6) is -0.146. The van der Waals surface area contributed by atoms with Gasteiger partial charge in [0.05, 0.1) is 6.42 Å². The van der Waals surface area contributed by atoms with Crippen LogP contribution in [0.3, 0.4) is 0 Å². The molecule has 2 rings (SSSR count). The second-order valence-electron chi connectivity index (χ2n) is 8.11. The summed E-state index contributed by atoms with van der Waals surface area (Å²) < 4.78 is 0. The minimum absolute atomic E-state index is 0.0360. The topological polar surface area (TPSA) is 49.4 Å². The third-order valence-corrected chi connectivity index (χ3v) is 5.49. The van der Waals surface area contributed by atoms with Crippen LogP contribution in [0, 0.1) is 20.8 Å². The lowest BCUT2D eigenvalue weighted by Gasteiger charge is -2.30. The fourth-order valence-corrected chi connectivity index (χ4v) is 3.19. The molecule has 2 aromatic rings. The highest BCUT2D eigenvalue weighted by molar-refractivity contribution is 5.88. The average Bonchev–Trinajstić information content (AvgIpc) is 2.69. The predicted octanol–water partition coefficient (Wildman–Crippen LogP) is 4.49. The number of carbonyl (C=O) groups is 2. The molecule has 0 bridgehead atoms. The van der Waals surface area contributed by atoms with Crippen LogP contribution in [0.4, 0.5) is 0 Å². The Bertz CT molecular complexity index is 842. The van der Waals surface area contributed by atoms with Gasteiger partial charge < -0.3 is 10.2 Å². The molecule has 0 radical (unpaired) electrons. The molecule has 156 valence electrons. The van der Waals surface area contributed by atoms with E-state index in [4.69, 9.17) is 0 Å². The van der Waals surface area contributed by atoms with Crippen LogP contribution < -0.4 is 5.32 Å². The Kier molecular flexibility index (Phi) is 8.00. The van der Waals surface area contributed by atoms with Crippen LogP contribution in [0.2, 0.25) is 0 Å². The number of aryl methyl sites for hydroxylation is 3. The van der Waals surface area contributed by atoms with Gasteiger partial charge in [0.15, 0.2) is 0 Å². The first-order chi connectivity index (χ1) is 13.7. The van der Waals surface area contributed by atoms with Crippen LogP contribution in [0.15, 0.2) is 42.5 Å². The van der Waals surface area contributed by atoms with E-state index in [9.17, 15) is 9.59 Å². The normalized spacial score (nSPS) is 12.9. The number of hydrogen-bond donors (Lipinski definition) is 1. The molecule has 2 atom stereocenters. The molecule has 0 heterocycles. The van der Waals surface area contributed by atoms with Gasteiger partial charge in [0.25, 0.3) is 0 Å². The number of nitrogens with one attached hydrogen (secondary N) is 1. The van der Waals surface area contributed by atoms with Crippen LogP contribution in [-0.2, 0) is 22.6 Å². The van der Waals surface area contributed by atoms with Crippen molar-refractivity contribution in [3.8, 4) is 0 Å². The lowest BCUT2D eigenvalue weighted by Crippen LogP contribution is -2.49. The van der Waals surface area contributed by atoms with E-state index in [0.29, 0.717) is 13.0 Å². The lowest BCUT2D eigenvalue weighted by atomic mass is 10.0. The van der Waals surface area contributed by atoms with E-state index in [1.54, 1.807) is 4.90 Å². The van der Waals surface area contributed by atoms with Crippen molar-refractivity contribution in [1.29, 1.82) is 0 Å². The molecule has 1 N–H and O–H groups in total. The van der Waals surface area contributed by atoms with Gasteiger partial charge in [-0.05, 0) is 57.7 Å². The zero-order valence-electron chi connectivity index (χ0n) is 18.6. The summed E-state index contributed by atoms with van der Waals surface area (Å²) in [4.78, 5) is 27.8. The smallest absolute Gasteiger partial charge is 0.242 e. The number of nitrogens with zero attached hydrogens (tertiary/aromatic N) is 1. The van der Waals surface area contributed by atoms with Gasteiger partial charge in [-0.1, -0.05) is 60.5 Å². The monoisotopic (exact) mass is 394 g/mol. The molecule has 2 aromatic carbocycles. The molecule has 2 amide bonds. The Hall–Kier alpha value is -2.62. The molecule has 4 nitrogen and oxygen atoms in total. The third-order valence-electron chi connectivity index (χ3n) is 5.49.